The number of nitrogens with zero attached hydrogens (tertiary/aromatic N) is 1. The minimum Gasteiger partial charge on any atom is -0.497 e. The van der Waals surface area contributed by atoms with Crippen LogP contribution in [-0.4, -0.2) is 26.4 Å². The van der Waals surface area contributed by atoms with Gasteiger partial charge in [0.25, 0.3) is 0 Å². The molecular weight excluding hydrogens is 334 g/mol. The van der Waals surface area contributed by atoms with Crippen LogP contribution in [0.3, 0.4) is 0 Å². The minimum absolute atomic E-state index is 0.123. The quantitative estimate of drug-likeness (QED) is 0.784. The van der Waals surface area contributed by atoms with E-state index in [2.05, 4.69) is 0 Å². The molecule has 0 heterocycles. The van der Waals surface area contributed by atoms with Gasteiger partial charge in [-0.05, 0) is 36.8 Å². The summed E-state index contributed by atoms with van der Waals surface area (Å²) in [5.74, 6) is 0.695. The monoisotopic (exact) mass is 353 g/mol. The Morgan fingerprint density at radius 2 is 1.87 bits per heavy atom. The lowest BCUT2D eigenvalue weighted by Crippen LogP contribution is -2.33. The summed E-state index contributed by atoms with van der Waals surface area (Å²) in [4.78, 5) is 0.123. The molecule has 0 aliphatic heterocycles. The van der Waals surface area contributed by atoms with Gasteiger partial charge in [0.15, 0.2) is 0 Å². The average Bonchev–Trinajstić information content (AvgIpc) is 2.55. The molecule has 1 atom stereocenters. The van der Waals surface area contributed by atoms with Gasteiger partial charge in [-0.25, -0.2) is 8.42 Å². The van der Waals surface area contributed by atoms with Crippen LogP contribution in [0.25, 0.3) is 0 Å². The molecule has 0 radical (unpaired) electrons. The molecule has 4 nitrogen and oxygen atoms in total. The zero-order valence-electron chi connectivity index (χ0n) is 13.4. The third-order valence-electron chi connectivity index (χ3n) is 3.74. The van der Waals surface area contributed by atoms with E-state index in [-0.39, 0.29) is 16.0 Å². The first kappa shape index (κ1) is 17.8. The molecule has 0 spiro atoms. The summed E-state index contributed by atoms with van der Waals surface area (Å²) in [7, 11) is -2.10. The van der Waals surface area contributed by atoms with Gasteiger partial charge in [0.2, 0.25) is 10.0 Å². The van der Waals surface area contributed by atoms with E-state index in [9.17, 15) is 8.42 Å². The van der Waals surface area contributed by atoms with Crippen molar-refractivity contribution in [1.29, 1.82) is 0 Å². The number of ether oxygens (including phenoxy) is 1. The first-order valence-corrected chi connectivity index (χ1v) is 9.14. The van der Waals surface area contributed by atoms with Gasteiger partial charge in [0.05, 0.1) is 12.1 Å². The Balaban J connectivity index is 2.44. The van der Waals surface area contributed by atoms with Crippen molar-refractivity contribution < 1.29 is 13.2 Å². The van der Waals surface area contributed by atoms with E-state index in [1.165, 1.54) is 10.4 Å². The molecule has 0 aliphatic rings. The number of sulfonamides is 1. The van der Waals surface area contributed by atoms with E-state index in [1.54, 1.807) is 25.3 Å². The summed E-state index contributed by atoms with van der Waals surface area (Å²) in [6.45, 7) is 4.00. The van der Waals surface area contributed by atoms with Gasteiger partial charge in [-0.3, -0.25) is 0 Å². The Morgan fingerprint density at radius 3 is 2.48 bits per heavy atom. The Bertz CT molecular complexity index is 777. The van der Waals surface area contributed by atoms with Gasteiger partial charge in [-0.15, -0.1) is 0 Å². The SMILES string of the molecule is CCN(C(C)c1cccc(OC)c1)S(=O)(=O)c1ccccc1Cl. The molecule has 124 valence electrons. The van der Waals surface area contributed by atoms with Crippen molar-refractivity contribution in [1.82, 2.24) is 4.31 Å². The van der Waals surface area contributed by atoms with Crippen LogP contribution in [0.5, 0.6) is 5.75 Å². The molecule has 23 heavy (non-hydrogen) atoms. The first-order valence-electron chi connectivity index (χ1n) is 7.32. The Hall–Kier alpha value is -1.56. The standard InChI is InChI=1S/C17H20ClNO3S/c1-4-19(13(2)14-8-7-9-15(12-14)22-3)23(20,21)17-11-6-5-10-16(17)18/h5-13H,4H2,1-3H3. The summed E-state index contributed by atoms with van der Waals surface area (Å²) >= 11 is 6.08. The number of methoxy groups -OCH3 is 1. The second kappa shape index (κ2) is 7.34. The molecule has 0 aliphatic carbocycles. The van der Waals surface area contributed by atoms with E-state index in [1.807, 2.05) is 38.1 Å². The van der Waals surface area contributed by atoms with Gasteiger partial charge < -0.3 is 4.74 Å². The second-order valence-corrected chi connectivity index (χ2v) is 7.36. The smallest absolute Gasteiger partial charge is 0.245 e. The molecule has 0 amide bonds. The van der Waals surface area contributed by atoms with Crippen molar-refractivity contribution >= 4 is 21.6 Å². The number of halogens is 1. The van der Waals surface area contributed by atoms with Crippen molar-refractivity contribution in [3.8, 4) is 5.75 Å². The fraction of sp³-hybridized carbons (Fsp3) is 0.294. The molecule has 2 aromatic rings. The van der Waals surface area contributed by atoms with Gasteiger partial charge in [0.1, 0.15) is 10.6 Å². The normalized spacial score (nSPS) is 13.1. The number of benzene rings is 2. The molecule has 2 aromatic carbocycles. The van der Waals surface area contributed by atoms with Crippen molar-refractivity contribution in [2.45, 2.75) is 24.8 Å². The largest absolute Gasteiger partial charge is 0.497 e. The maximum absolute atomic E-state index is 13.0. The lowest BCUT2D eigenvalue weighted by Gasteiger charge is -2.28. The van der Waals surface area contributed by atoms with E-state index >= 15 is 0 Å². The van der Waals surface area contributed by atoms with Crippen LogP contribution in [-0.2, 0) is 10.0 Å². The highest BCUT2D eigenvalue weighted by Gasteiger charge is 2.30. The van der Waals surface area contributed by atoms with Crippen LogP contribution in [0.1, 0.15) is 25.5 Å². The third kappa shape index (κ3) is 3.68. The van der Waals surface area contributed by atoms with Gasteiger partial charge in [-0.2, -0.15) is 4.31 Å². The summed E-state index contributed by atoms with van der Waals surface area (Å²) in [6.07, 6.45) is 0. The number of hydrogen-bond acceptors (Lipinski definition) is 3. The van der Waals surface area contributed by atoms with Crippen LogP contribution >= 0.6 is 11.6 Å². The molecule has 0 N–H and O–H groups in total. The van der Waals surface area contributed by atoms with Crippen molar-refractivity contribution in [2.75, 3.05) is 13.7 Å². The Morgan fingerprint density at radius 1 is 1.17 bits per heavy atom. The fourth-order valence-electron chi connectivity index (χ4n) is 2.50. The summed E-state index contributed by atoms with van der Waals surface area (Å²) in [5.41, 5.74) is 0.863. The average molecular weight is 354 g/mol. The van der Waals surface area contributed by atoms with E-state index < -0.39 is 10.0 Å². The van der Waals surface area contributed by atoms with Gasteiger partial charge in [-0.1, -0.05) is 42.8 Å². The summed E-state index contributed by atoms with van der Waals surface area (Å²) in [5, 5.41) is 0.226. The maximum atomic E-state index is 13.0. The second-order valence-electron chi connectivity index (χ2n) is 5.09. The van der Waals surface area contributed by atoms with Crippen LogP contribution < -0.4 is 4.74 Å². The Kier molecular flexibility index (Phi) is 5.68. The molecule has 6 heteroatoms. The summed E-state index contributed by atoms with van der Waals surface area (Å²) < 4.78 is 32.6. The first-order chi connectivity index (χ1) is 10.9. The zero-order chi connectivity index (χ0) is 17.0. The van der Waals surface area contributed by atoms with Crippen LogP contribution in [0.2, 0.25) is 5.02 Å². The minimum atomic E-state index is -3.69. The number of hydrogen-bond donors (Lipinski definition) is 0. The highest BCUT2D eigenvalue weighted by Crippen LogP contribution is 2.31. The number of rotatable bonds is 6. The predicted molar refractivity (Wildman–Crippen MR) is 92.4 cm³/mol. The van der Waals surface area contributed by atoms with Crippen molar-refractivity contribution in [3.05, 3.63) is 59.1 Å². The van der Waals surface area contributed by atoms with Crippen LogP contribution in [0.4, 0.5) is 0 Å². The van der Waals surface area contributed by atoms with Crippen molar-refractivity contribution in [2.24, 2.45) is 0 Å². The highest BCUT2D eigenvalue weighted by atomic mass is 35.5. The molecule has 0 saturated heterocycles. The molecule has 0 bridgehead atoms. The predicted octanol–water partition coefficient (Wildman–Crippen LogP) is 4.12. The molecule has 2 rings (SSSR count). The highest BCUT2D eigenvalue weighted by molar-refractivity contribution is 7.89. The molecule has 0 saturated carbocycles. The van der Waals surface area contributed by atoms with Crippen LogP contribution in [0.15, 0.2) is 53.4 Å². The van der Waals surface area contributed by atoms with Gasteiger partial charge >= 0.3 is 0 Å². The van der Waals surface area contributed by atoms with Crippen molar-refractivity contribution in [3.63, 3.8) is 0 Å². The molecule has 0 fully saturated rings. The maximum Gasteiger partial charge on any atom is 0.245 e. The van der Waals surface area contributed by atoms with Gasteiger partial charge in [0, 0.05) is 12.6 Å². The van der Waals surface area contributed by atoms with E-state index in [0.717, 1.165) is 5.56 Å². The molecular formula is C17H20ClNO3S. The Labute approximate surface area is 142 Å². The van der Waals surface area contributed by atoms with Crippen LogP contribution in [0, 0.1) is 0 Å². The molecule has 0 aromatic heterocycles. The lowest BCUT2D eigenvalue weighted by atomic mass is 10.1. The third-order valence-corrected chi connectivity index (χ3v) is 6.29. The molecule has 1 unspecified atom stereocenters. The fourth-order valence-corrected chi connectivity index (χ4v) is 4.62. The van der Waals surface area contributed by atoms with E-state index in [4.69, 9.17) is 16.3 Å². The van der Waals surface area contributed by atoms with E-state index in [0.29, 0.717) is 12.3 Å². The zero-order valence-corrected chi connectivity index (χ0v) is 14.9. The summed E-state index contributed by atoms with van der Waals surface area (Å²) in [6, 6.07) is 13.6. The topological polar surface area (TPSA) is 46.6 Å². The lowest BCUT2D eigenvalue weighted by molar-refractivity contribution is 0.355.